The number of allylic oxidation sites excluding steroid dienone is 1. The first kappa shape index (κ1) is 23.6. The van der Waals surface area contributed by atoms with Crippen LogP contribution in [-0.4, -0.2) is 18.9 Å². The van der Waals surface area contributed by atoms with E-state index in [1.54, 1.807) is 18.3 Å². The molecule has 2 N–H and O–H groups in total. The third-order valence-corrected chi connectivity index (χ3v) is 7.11. The van der Waals surface area contributed by atoms with E-state index in [9.17, 15) is 9.59 Å². The number of ketones is 1. The predicted molar refractivity (Wildman–Crippen MR) is 146 cm³/mol. The van der Waals surface area contributed by atoms with E-state index in [0.717, 1.165) is 22.7 Å². The Hall–Kier alpha value is -4.78. The lowest BCUT2D eigenvalue weighted by molar-refractivity contribution is -0.116. The van der Waals surface area contributed by atoms with Crippen LogP contribution in [0.5, 0.6) is 5.75 Å². The van der Waals surface area contributed by atoms with Crippen molar-refractivity contribution in [2.45, 2.75) is 24.8 Å². The van der Waals surface area contributed by atoms with E-state index in [1.165, 1.54) is 0 Å². The highest BCUT2D eigenvalue weighted by molar-refractivity contribution is 6.09. The molecule has 2 heterocycles. The van der Waals surface area contributed by atoms with Crippen LogP contribution in [0, 0.1) is 0 Å². The number of methoxy groups -OCH3 is 1. The topological polar surface area (TPSA) is 83.8 Å². The molecule has 1 aromatic heterocycles. The highest BCUT2D eigenvalue weighted by atomic mass is 16.5. The zero-order valence-corrected chi connectivity index (χ0v) is 20.9. The van der Waals surface area contributed by atoms with E-state index < -0.39 is 6.04 Å². The molecular formula is C31H27N3O4. The normalized spacial score (nSPS) is 18.7. The molecule has 190 valence electrons. The van der Waals surface area contributed by atoms with Crippen LogP contribution >= 0.6 is 0 Å². The van der Waals surface area contributed by atoms with Gasteiger partial charge in [0.25, 0.3) is 0 Å². The van der Waals surface area contributed by atoms with E-state index in [0.29, 0.717) is 29.1 Å². The van der Waals surface area contributed by atoms with Crippen molar-refractivity contribution in [3.05, 3.63) is 120 Å². The molecule has 3 aromatic carbocycles. The van der Waals surface area contributed by atoms with Gasteiger partial charge in [0.1, 0.15) is 11.5 Å². The maximum Gasteiger partial charge on any atom is 0.327 e. The molecule has 0 unspecified atom stereocenters. The second-order valence-corrected chi connectivity index (χ2v) is 9.39. The fraction of sp³-hybridized carbons (Fsp3) is 0.161. The van der Waals surface area contributed by atoms with Crippen LogP contribution < -0.4 is 20.3 Å². The number of para-hydroxylation sites is 4. The molecule has 6 rings (SSSR count). The van der Waals surface area contributed by atoms with Gasteiger partial charge in [-0.05, 0) is 48.9 Å². The predicted octanol–water partition coefficient (Wildman–Crippen LogP) is 6.89. The van der Waals surface area contributed by atoms with Crippen LogP contribution in [0.15, 0.2) is 113 Å². The van der Waals surface area contributed by atoms with Crippen LogP contribution in [0.1, 0.15) is 36.1 Å². The summed E-state index contributed by atoms with van der Waals surface area (Å²) < 4.78 is 11.4. The van der Waals surface area contributed by atoms with Gasteiger partial charge in [-0.15, -0.1) is 0 Å². The number of anilines is 3. The number of fused-ring (bicyclic) bond motifs is 1. The third kappa shape index (κ3) is 4.22. The lowest BCUT2D eigenvalue weighted by Gasteiger charge is -2.35. The molecule has 0 spiro atoms. The Balaban J connectivity index is 1.55. The van der Waals surface area contributed by atoms with E-state index in [4.69, 9.17) is 9.15 Å². The highest BCUT2D eigenvalue weighted by Crippen LogP contribution is 2.49. The van der Waals surface area contributed by atoms with Gasteiger partial charge in [-0.25, -0.2) is 4.79 Å². The zero-order chi connectivity index (χ0) is 26.1. The Morgan fingerprint density at radius 2 is 1.71 bits per heavy atom. The van der Waals surface area contributed by atoms with Crippen LogP contribution in [0.4, 0.5) is 21.9 Å². The molecule has 7 heteroatoms. The first-order valence-electron chi connectivity index (χ1n) is 12.6. The molecule has 0 saturated carbocycles. The maximum atomic E-state index is 14.1. The van der Waals surface area contributed by atoms with Crippen molar-refractivity contribution < 1.29 is 18.7 Å². The molecule has 38 heavy (non-hydrogen) atoms. The summed E-state index contributed by atoms with van der Waals surface area (Å²) in [6.45, 7) is 0. The van der Waals surface area contributed by atoms with Gasteiger partial charge in [-0.2, -0.15) is 0 Å². The molecule has 1 aliphatic carbocycles. The van der Waals surface area contributed by atoms with Gasteiger partial charge in [-0.3, -0.25) is 9.69 Å². The molecular weight excluding hydrogens is 478 g/mol. The Morgan fingerprint density at radius 1 is 0.947 bits per heavy atom. The van der Waals surface area contributed by atoms with Gasteiger partial charge in [0.15, 0.2) is 5.78 Å². The van der Waals surface area contributed by atoms with Crippen molar-refractivity contribution in [1.82, 2.24) is 0 Å². The number of carbonyl (C=O) groups excluding carboxylic acids is 2. The largest absolute Gasteiger partial charge is 0.496 e. The fourth-order valence-corrected chi connectivity index (χ4v) is 5.43. The zero-order valence-electron chi connectivity index (χ0n) is 20.9. The Bertz CT molecular complexity index is 1510. The molecule has 1 aliphatic heterocycles. The number of nitrogens with one attached hydrogen (secondary N) is 2. The Morgan fingerprint density at radius 3 is 2.50 bits per heavy atom. The van der Waals surface area contributed by atoms with Gasteiger partial charge < -0.3 is 19.8 Å². The monoisotopic (exact) mass is 505 g/mol. The molecule has 0 radical (unpaired) electrons. The lowest BCUT2D eigenvalue weighted by Crippen LogP contribution is -2.41. The number of rotatable bonds is 4. The first-order chi connectivity index (χ1) is 18.6. The molecule has 2 aliphatic rings. The van der Waals surface area contributed by atoms with Gasteiger partial charge in [0, 0.05) is 34.9 Å². The van der Waals surface area contributed by atoms with E-state index >= 15 is 0 Å². The summed E-state index contributed by atoms with van der Waals surface area (Å²) >= 11 is 0. The van der Waals surface area contributed by atoms with Crippen molar-refractivity contribution in [3.8, 4) is 5.75 Å². The number of hydrogen-bond acceptors (Lipinski definition) is 5. The molecule has 4 aromatic rings. The standard InChI is InChI=1S/C31H27N3O4/c1-37-28-15-8-5-12-22(28)30-29-24(18-20(19-26(29)35)27-16-9-17-38-27)33-23-13-6-7-14-25(23)34(30)31(36)32-21-10-3-2-4-11-21/h2-17,20,30,33H,18-19H2,1H3,(H,32,36)/t20-,30+/m1/s1. The minimum atomic E-state index is -0.717. The number of urea groups is 1. The highest BCUT2D eigenvalue weighted by Gasteiger charge is 2.43. The second kappa shape index (κ2) is 9.94. The summed E-state index contributed by atoms with van der Waals surface area (Å²) in [4.78, 5) is 29.8. The number of benzene rings is 3. The molecule has 0 bridgehead atoms. The van der Waals surface area contributed by atoms with Crippen LogP contribution in [0.25, 0.3) is 0 Å². The number of ether oxygens (including phenoxy) is 1. The van der Waals surface area contributed by atoms with E-state index in [2.05, 4.69) is 10.6 Å². The minimum absolute atomic E-state index is 0.0404. The number of nitrogens with zero attached hydrogens (tertiary/aromatic N) is 1. The molecule has 2 atom stereocenters. The van der Waals surface area contributed by atoms with Crippen LogP contribution in [0.3, 0.4) is 0 Å². The Kier molecular flexibility index (Phi) is 6.17. The number of furan rings is 1. The lowest BCUT2D eigenvalue weighted by atomic mass is 9.80. The minimum Gasteiger partial charge on any atom is -0.496 e. The third-order valence-electron chi connectivity index (χ3n) is 7.11. The number of Topliss-reactive ketones (excluding diaryl/α,β-unsaturated/α-hetero) is 1. The summed E-state index contributed by atoms with van der Waals surface area (Å²) in [6.07, 6.45) is 2.49. The second-order valence-electron chi connectivity index (χ2n) is 9.39. The van der Waals surface area contributed by atoms with Crippen molar-refractivity contribution >= 4 is 28.9 Å². The van der Waals surface area contributed by atoms with Gasteiger partial charge >= 0.3 is 6.03 Å². The molecule has 0 fully saturated rings. The average Bonchev–Trinajstić information content (AvgIpc) is 3.44. The Labute approximate surface area is 220 Å². The van der Waals surface area contributed by atoms with Gasteiger partial charge in [0.05, 0.1) is 30.8 Å². The number of carbonyl (C=O) groups is 2. The smallest absolute Gasteiger partial charge is 0.327 e. The van der Waals surface area contributed by atoms with Gasteiger partial charge in [0.2, 0.25) is 0 Å². The fourth-order valence-electron chi connectivity index (χ4n) is 5.43. The summed E-state index contributed by atoms with van der Waals surface area (Å²) in [5.41, 5.74) is 4.13. The molecule has 7 nitrogen and oxygen atoms in total. The SMILES string of the molecule is COc1ccccc1[C@H]1C2=C(C[C@@H](c3ccco3)CC2=O)Nc2ccccc2N1C(=O)Nc1ccccc1. The summed E-state index contributed by atoms with van der Waals surface area (Å²) in [5.74, 6) is 1.24. The average molecular weight is 506 g/mol. The quantitative estimate of drug-likeness (QED) is 0.315. The van der Waals surface area contributed by atoms with E-state index in [1.807, 2.05) is 91.0 Å². The van der Waals surface area contributed by atoms with Crippen molar-refractivity contribution in [1.29, 1.82) is 0 Å². The summed E-state index contributed by atoms with van der Waals surface area (Å²) in [7, 11) is 1.60. The van der Waals surface area contributed by atoms with Crippen molar-refractivity contribution in [2.24, 2.45) is 0 Å². The summed E-state index contributed by atoms with van der Waals surface area (Å²) in [5, 5.41) is 6.55. The van der Waals surface area contributed by atoms with Crippen LogP contribution in [-0.2, 0) is 4.79 Å². The first-order valence-corrected chi connectivity index (χ1v) is 12.6. The van der Waals surface area contributed by atoms with Crippen LogP contribution in [0.2, 0.25) is 0 Å². The van der Waals surface area contributed by atoms with Gasteiger partial charge in [-0.1, -0.05) is 48.5 Å². The van der Waals surface area contributed by atoms with Crippen molar-refractivity contribution in [3.63, 3.8) is 0 Å². The number of amides is 2. The summed E-state index contributed by atoms with van der Waals surface area (Å²) in [6, 6.07) is 27.1. The molecule has 0 saturated heterocycles. The van der Waals surface area contributed by atoms with E-state index in [-0.39, 0.29) is 24.2 Å². The molecule has 2 amide bonds. The van der Waals surface area contributed by atoms with Crippen molar-refractivity contribution in [2.75, 3.05) is 22.6 Å². The maximum absolute atomic E-state index is 14.1. The number of hydrogen-bond donors (Lipinski definition) is 2.